The van der Waals surface area contributed by atoms with Crippen LogP contribution >= 0.6 is 0 Å². The van der Waals surface area contributed by atoms with Gasteiger partial charge in [-0.2, -0.15) is 0 Å². The van der Waals surface area contributed by atoms with E-state index in [1.807, 2.05) is 0 Å². The first kappa shape index (κ1) is 9.67. The standard InChI is InChI=1S/C10H10N2O3/c13-9-5-6-11-12(9)8-3-1-7(2-4-8)10(14)15/h1-4,11H,5-6H2,(H,14,15). The summed E-state index contributed by atoms with van der Waals surface area (Å²) in [7, 11) is 0. The lowest BCUT2D eigenvalue weighted by Crippen LogP contribution is -2.33. The Morgan fingerprint density at radius 2 is 2.00 bits per heavy atom. The van der Waals surface area contributed by atoms with E-state index < -0.39 is 5.97 Å². The topological polar surface area (TPSA) is 69.6 Å². The van der Waals surface area contributed by atoms with Crippen LogP contribution in [0.25, 0.3) is 0 Å². The minimum atomic E-state index is -0.970. The molecule has 1 aliphatic rings. The molecular formula is C10H10N2O3. The summed E-state index contributed by atoms with van der Waals surface area (Å²) in [4.78, 5) is 21.9. The van der Waals surface area contributed by atoms with Crippen molar-refractivity contribution in [2.75, 3.05) is 11.6 Å². The number of carbonyl (C=O) groups excluding carboxylic acids is 1. The molecule has 0 bridgehead atoms. The minimum absolute atomic E-state index is 0.00178. The molecule has 1 amide bonds. The molecule has 1 aromatic carbocycles. The van der Waals surface area contributed by atoms with Crippen LogP contribution in [0.5, 0.6) is 0 Å². The number of rotatable bonds is 2. The number of hydrogen-bond donors (Lipinski definition) is 2. The Hall–Kier alpha value is -1.88. The fraction of sp³-hybridized carbons (Fsp3) is 0.200. The van der Waals surface area contributed by atoms with Gasteiger partial charge in [-0.25, -0.2) is 15.2 Å². The van der Waals surface area contributed by atoms with Crippen molar-refractivity contribution in [1.82, 2.24) is 5.43 Å². The maximum atomic E-state index is 11.3. The average Bonchev–Trinajstić information content (AvgIpc) is 2.65. The highest BCUT2D eigenvalue weighted by atomic mass is 16.4. The van der Waals surface area contributed by atoms with Crippen LogP contribution in [-0.4, -0.2) is 23.5 Å². The highest BCUT2D eigenvalue weighted by Gasteiger charge is 2.21. The van der Waals surface area contributed by atoms with Crippen LogP contribution in [-0.2, 0) is 4.79 Å². The molecule has 1 fully saturated rings. The average molecular weight is 206 g/mol. The van der Waals surface area contributed by atoms with Crippen molar-refractivity contribution < 1.29 is 14.7 Å². The number of aromatic carboxylic acids is 1. The molecule has 1 aromatic rings. The molecule has 1 saturated heterocycles. The highest BCUT2D eigenvalue weighted by molar-refractivity contribution is 5.95. The van der Waals surface area contributed by atoms with Crippen LogP contribution in [0.2, 0.25) is 0 Å². The number of hydrazine groups is 1. The van der Waals surface area contributed by atoms with Gasteiger partial charge in [0.15, 0.2) is 0 Å². The van der Waals surface area contributed by atoms with Crippen molar-refractivity contribution in [3.63, 3.8) is 0 Å². The molecule has 2 N–H and O–H groups in total. The zero-order valence-corrected chi connectivity index (χ0v) is 7.93. The molecular weight excluding hydrogens is 196 g/mol. The number of benzene rings is 1. The summed E-state index contributed by atoms with van der Waals surface area (Å²) < 4.78 is 0. The number of hydrogen-bond acceptors (Lipinski definition) is 3. The quantitative estimate of drug-likeness (QED) is 0.744. The summed E-state index contributed by atoms with van der Waals surface area (Å²) in [5, 5.41) is 10.1. The minimum Gasteiger partial charge on any atom is -0.478 e. The summed E-state index contributed by atoms with van der Waals surface area (Å²) >= 11 is 0. The van der Waals surface area contributed by atoms with E-state index in [-0.39, 0.29) is 11.5 Å². The van der Waals surface area contributed by atoms with E-state index in [0.717, 1.165) is 0 Å². The van der Waals surface area contributed by atoms with Crippen LogP contribution in [0.1, 0.15) is 16.8 Å². The molecule has 2 rings (SSSR count). The summed E-state index contributed by atoms with van der Waals surface area (Å²) in [6.07, 6.45) is 0.473. The largest absolute Gasteiger partial charge is 0.478 e. The van der Waals surface area contributed by atoms with E-state index in [1.54, 1.807) is 12.1 Å². The van der Waals surface area contributed by atoms with Gasteiger partial charge in [0.1, 0.15) is 0 Å². The van der Waals surface area contributed by atoms with Gasteiger partial charge in [-0.15, -0.1) is 0 Å². The molecule has 0 unspecified atom stereocenters. The molecule has 0 radical (unpaired) electrons. The van der Waals surface area contributed by atoms with E-state index in [0.29, 0.717) is 18.7 Å². The first-order chi connectivity index (χ1) is 7.18. The number of amides is 1. The van der Waals surface area contributed by atoms with E-state index >= 15 is 0 Å². The predicted molar refractivity (Wildman–Crippen MR) is 53.5 cm³/mol. The maximum Gasteiger partial charge on any atom is 0.335 e. The maximum absolute atomic E-state index is 11.3. The van der Waals surface area contributed by atoms with Gasteiger partial charge in [-0.3, -0.25) is 4.79 Å². The molecule has 5 heteroatoms. The Morgan fingerprint density at radius 3 is 2.47 bits per heavy atom. The number of nitrogens with zero attached hydrogens (tertiary/aromatic N) is 1. The van der Waals surface area contributed by atoms with E-state index in [2.05, 4.69) is 5.43 Å². The first-order valence-electron chi connectivity index (χ1n) is 4.58. The third kappa shape index (κ3) is 1.82. The fourth-order valence-electron chi connectivity index (χ4n) is 1.46. The van der Waals surface area contributed by atoms with Crippen LogP contribution in [0, 0.1) is 0 Å². The van der Waals surface area contributed by atoms with E-state index in [1.165, 1.54) is 17.1 Å². The van der Waals surface area contributed by atoms with Crippen LogP contribution < -0.4 is 10.4 Å². The SMILES string of the molecule is O=C(O)c1ccc(N2NCCC2=O)cc1. The Morgan fingerprint density at radius 1 is 1.33 bits per heavy atom. The third-order valence-electron chi connectivity index (χ3n) is 2.23. The smallest absolute Gasteiger partial charge is 0.335 e. The predicted octanol–water partition coefficient (Wildman–Crippen LogP) is 0.626. The van der Waals surface area contributed by atoms with Crippen LogP contribution in [0.15, 0.2) is 24.3 Å². The fourth-order valence-corrected chi connectivity index (χ4v) is 1.46. The van der Waals surface area contributed by atoms with E-state index in [4.69, 9.17) is 5.11 Å². The molecule has 0 saturated carbocycles. The molecule has 0 spiro atoms. The summed E-state index contributed by atoms with van der Waals surface area (Å²) in [6, 6.07) is 6.18. The molecule has 15 heavy (non-hydrogen) atoms. The lowest BCUT2D eigenvalue weighted by Gasteiger charge is -2.15. The van der Waals surface area contributed by atoms with Crippen molar-refractivity contribution in [3.8, 4) is 0 Å². The van der Waals surface area contributed by atoms with Gasteiger partial charge in [-0.1, -0.05) is 0 Å². The van der Waals surface area contributed by atoms with Crippen molar-refractivity contribution in [1.29, 1.82) is 0 Å². The van der Waals surface area contributed by atoms with Gasteiger partial charge in [0.25, 0.3) is 0 Å². The van der Waals surface area contributed by atoms with Gasteiger partial charge in [0, 0.05) is 13.0 Å². The number of anilines is 1. The molecule has 1 heterocycles. The number of carbonyl (C=O) groups is 2. The Balaban J connectivity index is 2.23. The Kier molecular flexibility index (Phi) is 2.39. The second-order valence-electron chi connectivity index (χ2n) is 3.24. The Bertz CT molecular complexity index is 400. The molecule has 0 atom stereocenters. The highest BCUT2D eigenvalue weighted by Crippen LogP contribution is 2.16. The zero-order chi connectivity index (χ0) is 10.8. The number of carboxylic acids is 1. The third-order valence-corrected chi connectivity index (χ3v) is 2.23. The molecule has 1 aliphatic heterocycles. The molecule has 5 nitrogen and oxygen atoms in total. The van der Waals surface area contributed by atoms with Gasteiger partial charge in [-0.05, 0) is 24.3 Å². The monoisotopic (exact) mass is 206 g/mol. The van der Waals surface area contributed by atoms with Crippen molar-refractivity contribution in [2.24, 2.45) is 0 Å². The summed E-state index contributed by atoms with van der Waals surface area (Å²) in [5.74, 6) is -0.972. The van der Waals surface area contributed by atoms with E-state index in [9.17, 15) is 9.59 Å². The van der Waals surface area contributed by atoms with Crippen molar-refractivity contribution in [2.45, 2.75) is 6.42 Å². The first-order valence-corrected chi connectivity index (χ1v) is 4.58. The molecule has 0 aromatic heterocycles. The zero-order valence-electron chi connectivity index (χ0n) is 7.93. The van der Waals surface area contributed by atoms with Crippen LogP contribution in [0.3, 0.4) is 0 Å². The second-order valence-corrected chi connectivity index (χ2v) is 3.24. The second kappa shape index (κ2) is 3.70. The normalized spacial score (nSPS) is 15.7. The van der Waals surface area contributed by atoms with Gasteiger partial charge in [0.2, 0.25) is 5.91 Å². The number of carboxylic acid groups (broad SMARTS) is 1. The lowest BCUT2D eigenvalue weighted by atomic mass is 10.2. The van der Waals surface area contributed by atoms with Crippen molar-refractivity contribution in [3.05, 3.63) is 29.8 Å². The summed E-state index contributed by atoms with van der Waals surface area (Å²) in [5.41, 5.74) is 3.79. The van der Waals surface area contributed by atoms with Crippen LogP contribution in [0.4, 0.5) is 5.69 Å². The Labute approximate surface area is 86.3 Å². The summed E-state index contributed by atoms with van der Waals surface area (Å²) in [6.45, 7) is 0.625. The van der Waals surface area contributed by atoms with Crippen molar-refractivity contribution >= 4 is 17.6 Å². The lowest BCUT2D eigenvalue weighted by molar-refractivity contribution is -0.117. The molecule has 78 valence electrons. The van der Waals surface area contributed by atoms with Gasteiger partial charge in [0.05, 0.1) is 11.3 Å². The number of nitrogens with one attached hydrogen (secondary N) is 1. The molecule has 0 aliphatic carbocycles. The van der Waals surface area contributed by atoms with Gasteiger partial charge < -0.3 is 5.11 Å². The van der Waals surface area contributed by atoms with Gasteiger partial charge >= 0.3 is 5.97 Å².